The Hall–Kier alpha value is -1.89. The number of rotatable bonds is 0. The minimum Gasteiger partial charge on any atom is -0.260 e. The van der Waals surface area contributed by atoms with E-state index in [0.717, 1.165) is 12.8 Å². The first-order chi connectivity index (χ1) is 8.38. The molecular weight excluding hydrogens is 206 g/mol. The van der Waals surface area contributed by atoms with Crippen LogP contribution in [0.4, 0.5) is 0 Å². The van der Waals surface area contributed by atoms with Crippen LogP contribution in [0, 0.1) is 0 Å². The van der Waals surface area contributed by atoms with E-state index >= 15 is 0 Å². The summed E-state index contributed by atoms with van der Waals surface area (Å²) in [5.74, 6) is 0. The van der Waals surface area contributed by atoms with Crippen LogP contribution in [0.2, 0.25) is 0 Å². The predicted molar refractivity (Wildman–Crippen MR) is 70.8 cm³/mol. The van der Waals surface area contributed by atoms with E-state index in [1.54, 1.807) is 0 Å². The quantitative estimate of drug-likeness (QED) is 0.662. The van der Waals surface area contributed by atoms with E-state index in [-0.39, 0.29) is 0 Å². The van der Waals surface area contributed by atoms with Gasteiger partial charge in [-0.15, -0.1) is 0 Å². The lowest BCUT2D eigenvalue weighted by atomic mass is 9.99. The van der Waals surface area contributed by atoms with Crippen molar-refractivity contribution in [1.29, 1.82) is 0 Å². The SMILES string of the molecule is CC=C1Cc2ccccc2Cc2ncccc21. The van der Waals surface area contributed by atoms with Crippen molar-refractivity contribution in [2.24, 2.45) is 0 Å². The molecule has 1 heterocycles. The highest BCUT2D eigenvalue weighted by molar-refractivity contribution is 5.71. The van der Waals surface area contributed by atoms with E-state index in [0.29, 0.717) is 0 Å². The minimum absolute atomic E-state index is 0.948. The molecule has 84 valence electrons. The molecule has 0 amide bonds. The Morgan fingerprint density at radius 1 is 1.00 bits per heavy atom. The summed E-state index contributed by atoms with van der Waals surface area (Å²) in [5.41, 5.74) is 6.73. The van der Waals surface area contributed by atoms with Crippen molar-refractivity contribution >= 4 is 5.57 Å². The summed E-state index contributed by atoms with van der Waals surface area (Å²) in [6.45, 7) is 2.11. The van der Waals surface area contributed by atoms with Gasteiger partial charge in [-0.3, -0.25) is 4.98 Å². The molecule has 0 aliphatic heterocycles. The fourth-order valence-electron chi connectivity index (χ4n) is 2.51. The highest BCUT2D eigenvalue weighted by Gasteiger charge is 2.16. The Balaban J connectivity index is 2.20. The molecule has 0 radical (unpaired) electrons. The molecule has 1 aliphatic carbocycles. The van der Waals surface area contributed by atoms with Crippen LogP contribution in [0.15, 0.2) is 48.7 Å². The molecule has 1 heteroatoms. The van der Waals surface area contributed by atoms with E-state index < -0.39 is 0 Å². The molecule has 0 atom stereocenters. The van der Waals surface area contributed by atoms with Crippen LogP contribution in [0.25, 0.3) is 5.57 Å². The second kappa shape index (κ2) is 4.17. The number of benzene rings is 1. The molecule has 2 aromatic rings. The summed E-state index contributed by atoms with van der Waals surface area (Å²) >= 11 is 0. The van der Waals surface area contributed by atoms with Crippen LogP contribution in [-0.4, -0.2) is 4.98 Å². The molecule has 1 nitrogen and oxygen atoms in total. The molecule has 1 aromatic heterocycles. The molecule has 0 saturated heterocycles. The van der Waals surface area contributed by atoms with Crippen molar-refractivity contribution in [3.8, 4) is 0 Å². The summed E-state index contributed by atoms with van der Waals surface area (Å²) in [6, 6.07) is 12.9. The summed E-state index contributed by atoms with van der Waals surface area (Å²) in [4.78, 5) is 4.54. The number of allylic oxidation sites excluding steroid dienone is 2. The van der Waals surface area contributed by atoms with Crippen LogP contribution in [0.3, 0.4) is 0 Å². The van der Waals surface area contributed by atoms with Crippen molar-refractivity contribution < 1.29 is 0 Å². The smallest absolute Gasteiger partial charge is 0.0522 e. The van der Waals surface area contributed by atoms with Gasteiger partial charge in [-0.25, -0.2) is 0 Å². The molecule has 17 heavy (non-hydrogen) atoms. The van der Waals surface area contributed by atoms with E-state index in [1.165, 1.54) is 28.0 Å². The zero-order chi connectivity index (χ0) is 11.7. The Kier molecular flexibility index (Phi) is 2.52. The van der Waals surface area contributed by atoms with Crippen molar-refractivity contribution in [3.05, 3.63) is 71.1 Å². The first kappa shape index (κ1) is 10.3. The second-order valence-electron chi connectivity index (χ2n) is 4.43. The van der Waals surface area contributed by atoms with Gasteiger partial charge in [0.2, 0.25) is 0 Å². The van der Waals surface area contributed by atoms with E-state index in [1.807, 2.05) is 12.3 Å². The topological polar surface area (TPSA) is 12.9 Å². The summed E-state index contributed by atoms with van der Waals surface area (Å²) in [6.07, 6.45) is 6.07. The zero-order valence-corrected chi connectivity index (χ0v) is 9.98. The van der Waals surface area contributed by atoms with Gasteiger partial charge < -0.3 is 0 Å². The van der Waals surface area contributed by atoms with Crippen molar-refractivity contribution in [2.75, 3.05) is 0 Å². The third kappa shape index (κ3) is 1.78. The normalized spacial score (nSPS) is 16.2. The third-order valence-corrected chi connectivity index (χ3v) is 3.44. The van der Waals surface area contributed by atoms with Crippen molar-refractivity contribution in [2.45, 2.75) is 19.8 Å². The number of nitrogens with zero attached hydrogens (tertiary/aromatic N) is 1. The van der Waals surface area contributed by atoms with E-state index in [4.69, 9.17) is 0 Å². The maximum Gasteiger partial charge on any atom is 0.0522 e. The Morgan fingerprint density at radius 3 is 2.53 bits per heavy atom. The lowest BCUT2D eigenvalue weighted by Crippen LogP contribution is -1.95. The van der Waals surface area contributed by atoms with E-state index in [2.05, 4.69) is 48.3 Å². The molecule has 0 fully saturated rings. The zero-order valence-electron chi connectivity index (χ0n) is 9.98. The van der Waals surface area contributed by atoms with Gasteiger partial charge in [-0.1, -0.05) is 36.4 Å². The van der Waals surface area contributed by atoms with Crippen LogP contribution < -0.4 is 0 Å². The molecule has 0 unspecified atom stereocenters. The molecule has 1 aliphatic rings. The minimum atomic E-state index is 0.948. The lowest BCUT2D eigenvalue weighted by molar-refractivity contribution is 1.06. The van der Waals surface area contributed by atoms with Crippen molar-refractivity contribution in [3.63, 3.8) is 0 Å². The highest BCUT2D eigenvalue weighted by Crippen LogP contribution is 2.29. The molecule has 3 rings (SSSR count). The highest BCUT2D eigenvalue weighted by atomic mass is 14.7. The molecule has 1 aromatic carbocycles. The van der Waals surface area contributed by atoms with Crippen molar-refractivity contribution in [1.82, 2.24) is 4.98 Å². The Bertz CT molecular complexity index is 582. The largest absolute Gasteiger partial charge is 0.260 e. The maximum absolute atomic E-state index is 4.54. The Labute approximate surface area is 102 Å². The first-order valence-corrected chi connectivity index (χ1v) is 6.04. The van der Waals surface area contributed by atoms with Gasteiger partial charge in [0, 0.05) is 12.6 Å². The number of hydrogen-bond acceptors (Lipinski definition) is 1. The predicted octanol–water partition coefficient (Wildman–Crippen LogP) is 3.63. The fraction of sp³-hybridized carbons (Fsp3) is 0.188. The fourth-order valence-corrected chi connectivity index (χ4v) is 2.51. The van der Waals surface area contributed by atoms with Crippen LogP contribution in [0.5, 0.6) is 0 Å². The Morgan fingerprint density at radius 2 is 1.76 bits per heavy atom. The maximum atomic E-state index is 4.54. The van der Waals surface area contributed by atoms with Gasteiger partial charge in [0.1, 0.15) is 0 Å². The monoisotopic (exact) mass is 221 g/mol. The standard InChI is InChI=1S/C16H15N/c1-2-12-10-13-6-3-4-7-14(13)11-16-15(12)8-5-9-17-16/h2-9H,10-11H2,1H3. The van der Waals surface area contributed by atoms with Crippen LogP contribution in [-0.2, 0) is 12.8 Å². The van der Waals surface area contributed by atoms with Gasteiger partial charge >= 0.3 is 0 Å². The van der Waals surface area contributed by atoms with Crippen LogP contribution in [0.1, 0.15) is 29.3 Å². The summed E-state index contributed by atoms with van der Waals surface area (Å²) in [5, 5.41) is 0. The average molecular weight is 221 g/mol. The molecule has 0 bridgehead atoms. The lowest BCUT2D eigenvalue weighted by Gasteiger charge is -2.06. The van der Waals surface area contributed by atoms with Gasteiger partial charge in [0.05, 0.1) is 5.69 Å². The van der Waals surface area contributed by atoms with E-state index in [9.17, 15) is 0 Å². The second-order valence-corrected chi connectivity index (χ2v) is 4.43. The molecular formula is C16H15N. The van der Waals surface area contributed by atoms with Gasteiger partial charge in [-0.05, 0) is 41.7 Å². The molecule has 0 N–H and O–H groups in total. The first-order valence-electron chi connectivity index (χ1n) is 6.04. The number of aromatic nitrogens is 1. The van der Waals surface area contributed by atoms with Gasteiger partial charge in [0.15, 0.2) is 0 Å². The summed E-state index contributed by atoms with van der Waals surface area (Å²) in [7, 11) is 0. The van der Waals surface area contributed by atoms with Gasteiger partial charge in [-0.2, -0.15) is 0 Å². The van der Waals surface area contributed by atoms with Crippen LogP contribution >= 0.6 is 0 Å². The van der Waals surface area contributed by atoms with Gasteiger partial charge in [0.25, 0.3) is 0 Å². The third-order valence-electron chi connectivity index (χ3n) is 3.44. The molecule has 0 saturated carbocycles. The summed E-state index contributed by atoms with van der Waals surface area (Å²) < 4.78 is 0. The number of fused-ring (bicyclic) bond motifs is 2. The number of pyridine rings is 1. The number of hydrogen-bond donors (Lipinski definition) is 0. The average Bonchev–Trinajstić information content (AvgIpc) is 2.54. The molecule has 0 spiro atoms.